The molecule has 0 fully saturated rings. The van der Waals surface area contributed by atoms with Crippen LogP contribution in [0.5, 0.6) is 0 Å². The third-order valence-corrected chi connectivity index (χ3v) is 6.57. The van der Waals surface area contributed by atoms with Gasteiger partial charge >= 0.3 is 0 Å². The molecular formula is C26H20N4O6S. The summed E-state index contributed by atoms with van der Waals surface area (Å²) in [7, 11) is -4.07. The summed E-state index contributed by atoms with van der Waals surface area (Å²) >= 11 is 0. The lowest BCUT2D eigenvalue weighted by Gasteiger charge is -2.11. The van der Waals surface area contributed by atoms with Crippen molar-refractivity contribution in [2.75, 3.05) is 15.4 Å². The molecule has 0 unspecified atom stereocenters. The van der Waals surface area contributed by atoms with Crippen LogP contribution in [0.15, 0.2) is 108 Å². The van der Waals surface area contributed by atoms with Crippen LogP contribution < -0.4 is 15.4 Å². The first-order valence-corrected chi connectivity index (χ1v) is 12.4. The Balaban J connectivity index is 1.46. The molecule has 0 atom stereocenters. The van der Waals surface area contributed by atoms with Gasteiger partial charge in [0.25, 0.3) is 27.5 Å². The van der Waals surface area contributed by atoms with Crippen LogP contribution in [-0.4, -0.2) is 25.2 Å². The normalized spacial score (nSPS) is 10.8. The number of hydrogen-bond acceptors (Lipinski definition) is 6. The highest BCUT2D eigenvalue weighted by atomic mass is 32.2. The smallest absolute Gasteiger partial charge is 0.292 e. The molecule has 0 aliphatic carbocycles. The van der Waals surface area contributed by atoms with Crippen LogP contribution in [0.25, 0.3) is 0 Å². The lowest BCUT2D eigenvalue weighted by molar-refractivity contribution is -0.383. The van der Waals surface area contributed by atoms with Gasteiger partial charge in [-0.3, -0.25) is 24.4 Å². The Hall–Kier alpha value is -5.03. The molecule has 4 aromatic rings. The van der Waals surface area contributed by atoms with Crippen LogP contribution >= 0.6 is 0 Å². The Kier molecular flexibility index (Phi) is 7.26. The summed E-state index contributed by atoms with van der Waals surface area (Å²) in [5.41, 5.74) is 0.907. The van der Waals surface area contributed by atoms with E-state index in [-0.39, 0.29) is 33.4 Å². The largest absolute Gasteiger partial charge is 0.322 e. The summed E-state index contributed by atoms with van der Waals surface area (Å²) in [6, 6.07) is 25.6. The van der Waals surface area contributed by atoms with Crippen LogP contribution in [0.2, 0.25) is 0 Å². The Labute approximate surface area is 212 Å². The van der Waals surface area contributed by atoms with Crippen LogP contribution in [0.4, 0.5) is 22.7 Å². The number of nitrogens with zero attached hydrogens (tertiary/aromatic N) is 1. The number of hydrogen-bond donors (Lipinski definition) is 3. The zero-order chi connectivity index (χ0) is 26.4. The van der Waals surface area contributed by atoms with Gasteiger partial charge in [-0.15, -0.1) is 0 Å². The lowest BCUT2D eigenvalue weighted by atomic mass is 10.2. The first kappa shape index (κ1) is 25.1. The molecule has 0 radical (unpaired) electrons. The molecule has 3 N–H and O–H groups in total. The van der Waals surface area contributed by atoms with Crippen molar-refractivity contribution >= 4 is 44.6 Å². The average molecular weight is 517 g/mol. The highest BCUT2D eigenvalue weighted by molar-refractivity contribution is 7.92. The number of benzene rings is 4. The molecule has 0 spiro atoms. The van der Waals surface area contributed by atoms with Gasteiger partial charge < -0.3 is 10.6 Å². The minimum atomic E-state index is -4.07. The zero-order valence-electron chi connectivity index (χ0n) is 19.1. The predicted octanol–water partition coefficient (Wildman–Crippen LogP) is 4.90. The summed E-state index contributed by atoms with van der Waals surface area (Å²) < 4.78 is 28.3. The van der Waals surface area contributed by atoms with E-state index in [4.69, 9.17) is 0 Å². The first-order chi connectivity index (χ1) is 17.7. The van der Waals surface area contributed by atoms with Crippen LogP contribution in [0.1, 0.15) is 20.7 Å². The number of carbonyl (C=O) groups excluding carboxylic acids is 2. The second-order valence-corrected chi connectivity index (χ2v) is 9.44. The Morgan fingerprint density at radius 2 is 1.27 bits per heavy atom. The van der Waals surface area contributed by atoms with E-state index in [9.17, 15) is 28.1 Å². The molecule has 0 aromatic heterocycles. The fraction of sp³-hybridized carbons (Fsp3) is 0. The van der Waals surface area contributed by atoms with E-state index in [2.05, 4.69) is 15.4 Å². The Bertz CT molecular complexity index is 1570. The van der Waals surface area contributed by atoms with Crippen molar-refractivity contribution in [3.8, 4) is 0 Å². The number of para-hydroxylation sites is 2. The van der Waals surface area contributed by atoms with E-state index in [1.165, 1.54) is 60.7 Å². The van der Waals surface area contributed by atoms with Gasteiger partial charge in [0, 0.05) is 28.6 Å². The summed E-state index contributed by atoms with van der Waals surface area (Å²) in [6.07, 6.45) is 0. The third kappa shape index (κ3) is 6.16. The molecule has 0 aliphatic heterocycles. The Morgan fingerprint density at radius 1 is 0.676 bits per heavy atom. The fourth-order valence-electron chi connectivity index (χ4n) is 3.37. The maximum absolute atomic E-state index is 12.9. The molecule has 4 rings (SSSR count). The lowest BCUT2D eigenvalue weighted by Crippen LogP contribution is -2.16. The summed E-state index contributed by atoms with van der Waals surface area (Å²) in [4.78, 5) is 35.3. The molecule has 11 heteroatoms. The molecule has 4 aromatic carbocycles. The number of nitrogens with one attached hydrogen (secondary N) is 3. The minimum Gasteiger partial charge on any atom is -0.322 e. The number of rotatable bonds is 8. The zero-order valence-corrected chi connectivity index (χ0v) is 19.9. The van der Waals surface area contributed by atoms with Gasteiger partial charge in [-0.1, -0.05) is 36.4 Å². The van der Waals surface area contributed by atoms with Gasteiger partial charge in [-0.05, 0) is 60.7 Å². The second-order valence-electron chi connectivity index (χ2n) is 7.76. The molecule has 0 saturated carbocycles. The molecule has 0 saturated heterocycles. The highest BCUT2D eigenvalue weighted by Gasteiger charge is 2.19. The second kappa shape index (κ2) is 10.7. The molecular weight excluding hydrogens is 496 g/mol. The van der Waals surface area contributed by atoms with Crippen molar-refractivity contribution in [3.63, 3.8) is 0 Å². The molecule has 2 amide bonds. The molecule has 0 heterocycles. The van der Waals surface area contributed by atoms with Gasteiger partial charge in [0.15, 0.2) is 0 Å². The van der Waals surface area contributed by atoms with E-state index in [0.29, 0.717) is 11.3 Å². The predicted molar refractivity (Wildman–Crippen MR) is 139 cm³/mol. The standard InChI is InChI=1S/C26H20N4O6S/c31-25(18-7-2-1-3-8-18)27-20-13-15-21(16-14-20)29-37(35,36)22-10-6-9-19(17-22)26(32)28-23-11-4-5-12-24(23)30(33)34/h1-17,29H,(H,27,31)(H,28,32). The topological polar surface area (TPSA) is 148 Å². The SMILES string of the molecule is O=C(Nc1ccc(NS(=O)(=O)c2cccc(C(=O)Nc3ccccc3[N+](=O)[O-])c2)cc1)c1ccccc1. The number of nitro groups is 1. The number of amides is 2. The maximum atomic E-state index is 12.9. The quantitative estimate of drug-likeness (QED) is 0.224. The van der Waals surface area contributed by atoms with E-state index in [0.717, 1.165) is 0 Å². The van der Waals surface area contributed by atoms with Gasteiger partial charge in [0.1, 0.15) is 5.69 Å². The van der Waals surface area contributed by atoms with Crippen molar-refractivity contribution in [2.45, 2.75) is 4.90 Å². The van der Waals surface area contributed by atoms with Crippen molar-refractivity contribution in [1.82, 2.24) is 0 Å². The summed E-state index contributed by atoms with van der Waals surface area (Å²) in [5, 5.41) is 16.4. The molecule has 186 valence electrons. The van der Waals surface area contributed by atoms with Crippen LogP contribution in [0.3, 0.4) is 0 Å². The van der Waals surface area contributed by atoms with Gasteiger partial charge in [0.05, 0.1) is 9.82 Å². The number of sulfonamides is 1. The maximum Gasteiger partial charge on any atom is 0.292 e. The van der Waals surface area contributed by atoms with Gasteiger partial charge in [0.2, 0.25) is 0 Å². The monoisotopic (exact) mass is 516 g/mol. The fourth-order valence-corrected chi connectivity index (χ4v) is 4.47. The summed E-state index contributed by atoms with van der Waals surface area (Å²) in [6.45, 7) is 0. The molecule has 0 aliphatic rings. The Morgan fingerprint density at radius 3 is 1.97 bits per heavy atom. The molecule has 0 bridgehead atoms. The number of nitro benzene ring substituents is 1. The van der Waals surface area contributed by atoms with Crippen molar-refractivity contribution in [3.05, 3.63) is 124 Å². The molecule has 37 heavy (non-hydrogen) atoms. The first-order valence-electron chi connectivity index (χ1n) is 10.9. The third-order valence-electron chi connectivity index (χ3n) is 5.19. The van der Waals surface area contributed by atoms with E-state index >= 15 is 0 Å². The van der Waals surface area contributed by atoms with E-state index in [1.54, 1.807) is 42.5 Å². The van der Waals surface area contributed by atoms with Crippen LogP contribution in [-0.2, 0) is 10.0 Å². The van der Waals surface area contributed by atoms with Gasteiger partial charge in [-0.25, -0.2) is 8.42 Å². The number of anilines is 3. The van der Waals surface area contributed by atoms with Gasteiger partial charge in [-0.2, -0.15) is 0 Å². The van der Waals surface area contributed by atoms with Crippen LogP contribution in [0, 0.1) is 10.1 Å². The number of carbonyl (C=O) groups is 2. The minimum absolute atomic E-state index is 0.00000156. The summed E-state index contributed by atoms with van der Waals surface area (Å²) in [5.74, 6) is -1.00. The average Bonchev–Trinajstić information content (AvgIpc) is 2.90. The van der Waals surface area contributed by atoms with Crippen molar-refractivity contribution < 1.29 is 22.9 Å². The highest BCUT2D eigenvalue weighted by Crippen LogP contribution is 2.25. The van der Waals surface area contributed by atoms with Crippen molar-refractivity contribution in [2.24, 2.45) is 0 Å². The van der Waals surface area contributed by atoms with E-state index < -0.39 is 20.9 Å². The van der Waals surface area contributed by atoms with E-state index in [1.807, 2.05) is 0 Å². The molecule has 10 nitrogen and oxygen atoms in total. The van der Waals surface area contributed by atoms with Crippen molar-refractivity contribution in [1.29, 1.82) is 0 Å².